The normalized spacial score (nSPS) is 12.7. The molecule has 0 fully saturated rings. The number of fused-ring (bicyclic) bond motifs is 1. The molecule has 0 saturated heterocycles. The summed E-state index contributed by atoms with van der Waals surface area (Å²) in [6.07, 6.45) is 4.18. The van der Waals surface area contributed by atoms with E-state index in [1.807, 2.05) is 18.3 Å². The third-order valence-electron chi connectivity index (χ3n) is 3.97. The molecule has 0 aliphatic heterocycles. The number of rotatable bonds is 4. The van der Waals surface area contributed by atoms with Crippen molar-refractivity contribution in [3.05, 3.63) is 70.9 Å². The lowest BCUT2D eigenvalue weighted by molar-refractivity contribution is 0.682. The Morgan fingerprint density at radius 1 is 1.05 bits per heavy atom. The van der Waals surface area contributed by atoms with E-state index in [0.717, 1.165) is 17.9 Å². The van der Waals surface area contributed by atoms with Crippen molar-refractivity contribution in [2.75, 3.05) is 0 Å². The van der Waals surface area contributed by atoms with Gasteiger partial charge >= 0.3 is 0 Å². The predicted molar refractivity (Wildman–Crippen MR) is 86.5 cm³/mol. The molecule has 3 aromatic rings. The zero-order valence-electron chi connectivity index (χ0n) is 11.6. The van der Waals surface area contributed by atoms with E-state index in [2.05, 4.69) is 48.3 Å². The number of hydrogen-bond acceptors (Lipinski definition) is 0. The summed E-state index contributed by atoms with van der Waals surface area (Å²) in [6.45, 7) is 2.25. The summed E-state index contributed by atoms with van der Waals surface area (Å²) in [5.74, 6) is 0.470. The summed E-state index contributed by atoms with van der Waals surface area (Å²) < 4.78 is 0. The smallest absolute Gasteiger partial charge is 0.0456 e. The van der Waals surface area contributed by atoms with Crippen molar-refractivity contribution in [2.24, 2.45) is 0 Å². The quantitative estimate of drug-likeness (QED) is 0.645. The van der Waals surface area contributed by atoms with Crippen molar-refractivity contribution in [3.63, 3.8) is 0 Å². The second kappa shape index (κ2) is 5.72. The molecule has 20 heavy (non-hydrogen) atoms. The van der Waals surface area contributed by atoms with Gasteiger partial charge in [0.15, 0.2) is 0 Å². The van der Waals surface area contributed by atoms with Crippen LogP contribution in [0.25, 0.3) is 10.9 Å². The lowest BCUT2D eigenvalue weighted by Gasteiger charge is -2.14. The third-order valence-corrected chi connectivity index (χ3v) is 4.31. The van der Waals surface area contributed by atoms with Crippen molar-refractivity contribution in [1.29, 1.82) is 0 Å². The molecule has 1 atom stereocenters. The first-order valence-electron chi connectivity index (χ1n) is 7.05. The fraction of sp³-hybridized carbons (Fsp3) is 0.222. The molecule has 0 saturated carbocycles. The Balaban J connectivity index is 1.76. The Labute approximate surface area is 124 Å². The van der Waals surface area contributed by atoms with Crippen LogP contribution in [0.5, 0.6) is 0 Å². The molecule has 0 amide bonds. The third kappa shape index (κ3) is 2.59. The van der Waals surface area contributed by atoms with Gasteiger partial charge in [-0.1, -0.05) is 48.9 Å². The number of aromatic amines is 1. The largest absolute Gasteiger partial charge is 0.361 e. The number of nitrogens with one attached hydrogen (secondary N) is 1. The van der Waals surface area contributed by atoms with E-state index in [0.29, 0.717) is 5.92 Å². The van der Waals surface area contributed by atoms with Crippen LogP contribution in [0, 0.1) is 0 Å². The highest BCUT2D eigenvalue weighted by Crippen LogP contribution is 2.28. The van der Waals surface area contributed by atoms with E-state index in [1.54, 1.807) is 0 Å². The van der Waals surface area contributed by atoms with Crippen LogP contribution < -0.4 is 0 Å². The van der Waals surface area contributed by atoms with Crippen LogP contribution in [0.15, 0.2) is 54.7 Å². The molecule has 2 heteroatoms. The number of aryl methyl sites for hydroxylation is 1. The summed E-state index contributed by atoms with van der Waals surface area (Å²) >= 11 is 6.27. The van der Waals surface area contributed by atoms with Gasteiger partial charge in [0.2, 0.25) is 0 Å². The van der Waals surface area contributed by atoms with Crippen molar-refractivity contribution >= 4 is 22.5 Å². The van der Waals surface area contributed by atoms with Gasteiger partial charge < -0.3 is 4.98 Å². The average molecular weight is 284 g/mol. The second-order valence-corrected chi connectivity index (χ2v) is 5.72. The summed E-state index contributed by atoms with van der Waals surface area (Å²) in [5.41, 5.74) is 3.87. The summed E-state index contributed by atoms with van der Waals surface area (Å²) in [7, 11) is 0. The average Bonchev–Trinajstić information content (AvgIpc) is 2.94. The first kappa shape index (κ1) is 13.3. The minimum atomic E-state index is 0.470. The minimum absolute atomic E-state index is 0.470. The highest BCUT2D eigenvalue weighted by molar-refractivity contribution is 6.31. The molecule has 1 aromatic heterocycles. The van der Waals surface area contributed by atoms with Gasteiger partial charge in [-0.15, -0.1) is 0 Å². The molecule has 2 aromatic carbocycles. The Bertz CT molecular complexity index is 714. The van der Waals surface area contributed by atoms with Gasteiger partial charge in [0.1, 0.15) is 0 Å². The van der Waals surface area contributed by atoms with Crippen LogP contribution in [-0.4, -0.2) is 4.98 Å². The van der Waals surface area contributed by atoms with Gasteiger partial charge in [-0.3, -0.25) is 0 Å². The number of hydrogen-bond donors (Lipinski definition) is 1. The van der Waals surface area contributed by atoms with Crippen molar-refractivity contribution < 1.29 is 0 Å². The minimum Gasteiger partial charge on any atom is -0.361 e. The van der Waals surface area contributed by atoms with E-state index >= 15 is 0 Å². The molecule has 1 unspecified atom stereocenters. The molecule has 0 aliphatic rings. The van der Waals surface area contributed by atoms with Crippen LogP contribution in [0.2, 0.25) is 5.02 Å². The monoisotopic (exact) mass is 283 g/mol. The SMILES string of the molecule is CC(CCc1cccc2[nH]ccc12)c1ccccc1Cl. The number of H-pyrrole nitrogens is 1. The summed E-state index contributed by atoms with van der Waals surface area (Å²) in [6, 6.07) is 16.8. The molecule has 1 nitrogen and oxygen atoms in total. The molecular formula is C18H18ClN. The topological polar surface area (TPSA) is 15.8 Å². The second-order valence-electron chi connectivity index (χ2n) is 5.32. The van der Waals surface area contributed by atoms with Gasteiger partial charge in [0.25, 0.3) is 0 Å². The Kier molecular flexibility index (Phi) is 3.79. The van der Waals surface area contributed by atoms with E-state index < -0.39 is 0 Å². The number of halogens is 1. The molecule has 0 bridgehead atoms. The van der Waals surface area contributed by atoms with Crippen molar-refractivity contribution in [2.45, 2.75) is 25.7 Å². The standard InChI is InChI=1S/C18H18ClN/c1-13(15-6-2-3-7-17(15)19)9-10-14-5-4-8-18-16(14)11-12-20-18/h2-8,11-13,20H,9-10H2,1H3. The van der Waals surface area contributed by atoms with Gasteiger partial charge in [0, 0.05) is 22.1 Å². The molecule has 1 heterocycles. The predicted octanol–water partition coefficient (Wildman–Crippen LogP) is 5.56. The first-order valence-corrected chi connectivity index (χ1v) is 7.43. The van der Waals surface area contributed by atoms with Gasteiger partial charge in [-0.05, 0) is 48.1 Å². The lowest BCUT2D eigenvalue weighted by Crippen LogP contribution is -1.97. The number of benzene rings is 2. The highest BCUT2D eigenvalue weighted by Gasteiger charge is 2.10. The van der Waals surface area contributed by atoms with Crippen molar-refractivity contribution in [3.8, 4) is 0 Å². The van der Waals surface area contributed by atoms with Crippen molar-refractivity contribution in [1.82, 2.24) is 4.98 Å². The van der Waals surface area contributed by atoms with Crippen LogP contribution in [0.1, 0.15) is 30.4 Å². The lowest BCUT2D eigenvalue weighted by atomic mass is 9.93. The van der Waals surface area contributed by atoms with Crippen LogP contribution in [0.3, 0.4) is 0 Å². The molecule has 0 spiro atoms. The summed E-state index contributed by atoms with van der Waals surface area (Å²) in [5, 5.41) is 2.21. The van der Waals surface area contributed by atoms with Gasteiger partial charge in [-0.25, -0.2) is 0 Å². The van der Waals surface area contributed by atoms with Gasteiger partial charge in [-0.2, -0.15) is 0 Å². The van der Waals surface area contributed by atoms with E-state index in [-0.39, 0.29) is 0 Å². The van der Waals surface area contributed by atoms with E-state index in [9.17, 15) is 0 Å². The van der Waals surface area contributed by atoms with Crippen LogP contribution in [0.4, 0.5) is 0 Å². The molecular weight excluding hydrogens is 266 g/mol. The molecule has 3 rings (SSSR count). The Morgan fingerprint density at radius 2 is 1.90 bits per heavy atom. The first-order chi connectivity index (χ1) is 9.75. The maximum absolute atomic E-state index is 6.27. The molecule has 102 valence electrons. The zero-order valence-corrected chi connectivity index (χ0v) is 12.3. The fourth-order valence-corrected chi connectivity index (χ4v) is 3.09. The molecule has 0 radical (unpaired) electrons. The van der Waals surface area contributed by atoms with Crippen LogP contribution >= 0.6 is 11.6 Å². The maximum atomic E-state index is 6.27. The van der Waals surface area contributed by atoms with E-state index in [4.69, 9.17) is 11.6 Å². The zero-order chi connectivity index (χ0) is 13.9. The molecule has 1 N–H and O–H groups in total. The number of aromatic nitrogens is 1. The highest BCUT2D eigenvalue weighted by atomic mass is 35.5. The van der Waals surface area contributed by atoms with Gasteiger partial charge in [0.05, 0.1) is 0 Å². The molecule has 0 aliphatic carbocycles. The fourth-order valence-electron chi connectivity index (χ4n) is 2.77. The maximum Gasteiger partial charge on any atom is 0.0456 e. The Morgan fingerprint density at radius 3 is 2.75 bits per heavy atom. The Hall–Kier alpha value is -1.73. The summed E-state index contributed by atoms with van der Waals surface area (Å²) in [4.78, 5) is 3.27. The van der Waals surface area contributed by atoms with E-state index in [1.165, 1.54) is 22.0 Å². The van der Waals surface area contributed by atoms with Crippen LogP contribution in [-0.2, 0) is 6.42 Å².